The Labute approximate surface area is 214 Å². The van der Waals surface area contributed by atoms with Crippen molar-refractivity contribution >= 4 is 32.9 Å². The summed E-state index contributed by atoms with van der Waals surface area (Å²) in [6.07, 6.45) is 10.0. The van der Waals surface area contributed by atoms with Crippen LogP contribution >= 0.6 is 0 Å². The van der Waals surface area contributed by atoms with Gasteiger partial charge in [0.15, 0.2) is 0 Å². The minimum absolute atomic E-state index is 0.771. The smallest absolute Gasteiger partial charge is 0.0449 e. The van der Waals surface area contributed by atoms with Gasteiger partial charge >= 0.3 is 0 Å². The highest BCUT2D eigenvalue weighted by atomic mass is 15.1. The first-order valence-electron chi connectivity index (χ1n) is 12.5. The van der Waals surface area contributed by atoms with E-state index in [0.29, 0.717) is 0 Å². The van der Waals surface area contributed by atoms with Crippen molar-refractivity contribution in [1.29, 1.82) is 0 Å². The van der Waals surface area contributed by atoms with E-state index in [1.807, 2.05) is 12.2 Å². The maximum absolute atomic E-state index is 3.76. The fourth-order valence-corrected chi connectivity index (χ4v) is 5.01. The zero-order chi connectivity index (χ0) is 24.9. The molecule has 0 unspecified atom stereocenters. The summed E-state index contributed by atoms with van der Waals surface area (Å²) < 4.78 is 0. The van der Waals surface area contributed by atoms with Crippen LogP contribution in [0.3, 0.4) is 0 Å². The number of hydrogen-bond acceptors (Lipinski definition) is 1. The normalized spacial score (nSPS) is 11.6. The molecule has 5 aromatic rings. The zero-order valence-electron chi connectivity index (χ0n) is 21.0. The third-order valence-electron chi connectivity index (χ3n) is 6.85. The molecule has 0 radical (unpaired) electrons. The Bertz CT molecular complexity index is 1590. The maximum Gasteiger partial charge on any atom is 0.0449 e. The van der Waals surface area contributed by atoms with Gasteiger partial charge in [0.2, 0.25) is 0 Å². The van der Waals surface area contributed by atoms with Crippen LogP contribution in [0.4, 0.5) is 11.4 Å². The van der Waals surface area contributed by atoms with E-state index < -0.39 is 0 Å². The van der Waals surface area contributed by atoms with Crippen molar-refractivity contribution in [3.63, 3.8) is 0 Å². The Morgan fingerprint density at radius 2 is 1.33 bits per heavy atom. The average molecular weight is 466 g/mol. The Morgan fingerprint density at radius 1 is 0.667 bits per heavy atom. The van der Waals surface area contributed by atoms with Crippen molar-refractivity contribution in [1.82, 2.24) is 0 Å². The van der Waals surface area contributed by atoms with Crippen molar-refractivity contribution in [2.24, 2.45) is 0 Å². The summed E-state index contributed by atoms with van der Waals surface area (Å²) in [4.78, 5) is 2.39. The quantitative estimate of drug-likeness (QED) is 0.216. The molecule has 36 heavy (non-hydrogen) atoms. The standard InChI is InChI=1S/C35H31N/c1-4-5-6-7-12-25-36(34-24-21-28-13-8-10-15-32(28)27(34)3)31-22-19-30(20-23-31)35-26(2)17-18-29-14-9-11-16-33(29)35/h4-24H,1,25H2,2-3H3/b6-5-,12-7-. The number of aryl methyl sites for hydroxylation is 2. The van der Waals surface area contributed by atoms with E-state index in [4.69, 9.17) is 0 Å². The number of fused-ring (bicyclic) bond motifs is 2. The number of rotatable bonds is 7. The van der Waals surface area contributed by atoms with Gasteiger partial charge in [-0.1, -0.05) is 116 Å². The minimum Gasteiger partial charge on any atom is -0.337 e. The second-order valence-electron chi connectivity index (χ2n) is 9.12. The first-order valence-corrected chi connectivity index (χ1v) is 12.5. The van der Waals surface area contributed by atoms with Crippen LogP contribution in [0, 0.1) is 13.8 Å². The average Bonchev–Trinajstić information content (AvgIpc) is 2.92. The number of allylic oxidation sites excluding steroid dienone is 4. The zero-order valence-corrected chi connectivity index (χ0v) is 21.0. The molecule has 0 saturated heterocycles. The summed E-state index contributed by atoms with van der Waals surface area (Å²) in [5.41, 5.74) is 7.53. The van der Waals surface area contributed by atoms with Crippen molar-refractivity contribution < 1.29 is 0 Å². The molecule has 0 aliphatic carbocycles. The Morgan fingerprint density at radius 3 is 2.08 bits per heavy atom. The second kappa shape index (κ2) is 10.5. The van der Waals surface area contributed by atoms with Gasteiger partial charge in [-0.05, 0) is 75.8 Å². The van der Waals surface area contributed by atoms with E-state index in [9.17, 15) is 0 Å². The molecular formula is C35H31N. The molecule has 0 atom stereocenters. The summed E-state index contributed by atoms with van der Waals surface area (Å²) in [5, 5.41) is 5.13. The first-order chi connectivity index (χ1) is 17.7. The molecule has 5 rings (SSSR count). The lowest BCUT2D eigenvalue weighted by atomic mass is 9.94. The number of hydrogen-bond donors (Lipinski definition) is 0. The SMILES string of the molecule is C=C/C=C\C=C/CN(c1ccc(-c2c(C)ccc3ccccc23)cc1)c1ccc2ccccc2c1C. The van der Waals surface area contributed by atoms with Gasteiger partial charge < -0.3 is 4.90 Å². The van der Waals surface area contributed by atoms with Crippen LogP contribution in [0.25, 0.3) is 32.7 Å². The molecule has 1 nitrogen and oxygen atoms in total. The van der Waals surface area contributed by atoms with E-state index in [0.717, 1.165) is 6.54 Å². The predicted molar refractivity (Wildman–Crippen MR) is 158 cm³/mol. The van der Waals surface area contributed by atoms with Gasteiger partial charge in [-0.15, -0.1) is 0 Å². The minimum atomic E-state index is 0.771. The van der Waals surface area contributed by atoms with Gasteiger partial charge in [0.05, 0.1) is 0 Å². The Kier molecular flexibility index (Phi) is 6.82. The van der Waals surface area contributed by atoms with Crippen LogP contribution in [0.5, 0.6) is 0 Å². The molecule has 0 amide bonds. The van der Waals surface area contributed by atoms with Gasteiger partial charge in [-0.25, -0.2) is 0 Å². The molecule has 0 aliphatic heterocycles. The Balaban J connectivity index is 1.57. The molecule has 0 fully saturated rings. The molecule has 0 spiro atoms. The first kappa shape index (κ1) is 23.4. The van der Waals surface area contributed by atoms with Gasteiger partial charge in [0.1, 0.15) is 0 Å². The molecule has 0 bridgehead atoms. The molecule has 1 heteroatoms. The van der Waals surface area contributed by atoms with Crippen LogP contribution < -0.4 is 4.90 Å². The van der Waals surface area contributed by atoms with Gasteiger partial charge in [-0.2, -0.15) is 0 Å². The molecule has 0 N–H and O–H groups in total. The van der Waals surface area contributed by atoms with E-state index >= 15 is 0 Å². The van der Waals surface area contributed by atoms with Gasteiger partial charge in [0.25, 0.3) is 0 Å². The molecule has 0 saturated carbocycles. The highest BCUT2D eigenvalue weighted by molar-refractivity contribution is 5.98. The molecule has 0 aromatic heterocycles. The topological polar surface area (TPSA) is 3.24 Å². The van der Waals surface area contributed by atoms with Crippen LogP contribution in [-0.2, 0) is 0 Å². The van der Waals surface area contributed by atoms with Gasteiger partial charge in [-0.3, -0.25) is 0 Å². The van der Waals surface area contributed by atoms with Crippen LogP contribution in [0.2, 0.25) is 0 Å². The Hall–Kier alpha value is -4.36. The van der Waals surface area contributed by atoms with E-state index in [1.54, 1.807) is 6.08 Å². The molecular weight excluding hydrogens is 434 g/mol. The predicted octanol–water partition coefficient (Wildman–Crippen LogP) is 9.71. The summed E-state index contributed by atoms with van der Waals surface area (Å²) in [7, 11) is 0. The van der Waals surface area contributed by atoms with Crippen molar-refractivity contribution in [2.75, 3.05) is 11.4 Å². The van der Waals surface area contributed by atoms with Crippen molar-refractivity contribution in [3.8, 4) is 11.1 Å². The number of anilines is 2. The lowest BCUT2D eigenvalue weighted by Gasteiger charge is -2.26. The van der Waals surface area contributed by atoms with E-state index in [-0.39, 0.29) is 0 Å². The third kappa shape index (κ3) is 4.61. The fourth-order valence-electron chi connectivity index (χ4n) is 5.01. The molecule has 176 valence electrons. The lowest BCUT2D eigenvalue weighted by molar-refractivity contribution is 1.09. The van der Waals surface area contributed by atoms with E-state index in [2.05, 4.69) is 135 Å². The van der Waals surface area contributed by atoms with Crippen molar-refractivity contribution in [2.45, 2.75) is 13.8 Å². The number of nitrogens with zero attached hydrogens (tertiary/aromatic N) is 1. The summed E-state index contributed by atoms with van der Waals surface area (Å²) in [6, 6.07) is 35.1. The summed E-state index contributed by atoms with van der Waals surface area (Å²) >= 11 is 0. The largest absolute Gasteiger partial charge is 0.337 e. The molecule has 0 aliphatic rings. The van der Waals surface area contributed by atoms with Crippen molar-refractivity contribution in [3.05, 3.63) is 145 Å². The highest BCUT2D eigenvalue weighted by Gasteiger charge is 2.14. The lowest BCUT2D eigenvalue weighted by Crippen LogP contribution is -2.18. The monoisotopic (exact) mass is 465 g/mol. The molecule has 0 heterocycles. The second-order valence-corrected chi connectivity index (χ2v) is 9.12. The van der Waals surface area contributed by atoms with Crippen LogP contribution in [0.1, 0.15) is 11.1 Å². The summed E-state index contributed by atoms with van der Waals surface area (Å²) in [6.45, 7) is 8.95. The number of benzene rings is 5. The summed E-state index contributed by atoms with van der Waals surface area (Å²) in [5.74, 6) is 0. The van der Waals surface area contributed by atoms with Gasteiger partial charge in [0, 0.05) is 17.9 Å². The van der Waals surface area contributed by atoms with Crippen LogP contribution in [0.15, 0.2) is 134 Å². The van der Waals surface area contributed by atoms with Crippen LogP contribution in [-0.4, -0.2) is 6.54 Å². The van der Waals surface area contributed by atoms with E-state index in [1.165, 1.54) is 55.2 Å². The highest BCUT2D eigenvalue weighted by Crippen LogP contribution is 2.36. The fraction of sp³-hybridized carbons (Fsp3) is 0.0857. The maximum atomic E-state index is 3.76. The third-order valence-corrected chi connectivity index (χ3v) is 6.85. The molecule has 5 aromatic carbocycles.